The Kier molecular flexibility index (Phi) is 33.1. The molecule has 140 heavy (non-hydrogen) atoms. The van der Waals surface area contributed by atoms with Crippen molar-refractivity contribution in [2.24, 2.45) is 46.6 Å². The molecule has 52 nitrogen and oxygen atoms in total. The number of phosphoric ester groups is 2. The first kappa shape index (κ1) is 106. The molecule has 22 atom stereocenters. The molecule has 56 heteroatoms. The lowest BCUT2D eigenvalue weighted by Crippen LogP contribution is -2.47. The zero-order valence-corrected chi connectivity index (χ0v) is 81.5. The SMILES string of the molecule is CC(C)[C@H](N)C(=O)O[C@@H]1[C@H](OC(=O)[C@@H](N)C(C)C)[C@@H](CO)O[C@H]1n1cnc2c(NC3(CO)CCCC3)nc(Cl)nc21.CC(C)[C@H](N)C(=O)O[C@@H]1[C@H](OC(=O)[C@@H](N)C(C)C)[C@@H](CO)O[C@H]1n1cnc2c(NC3(CO)CCCC3)ncnc21.O=P1(O)O[C@@H]2[C@H](O1)[C@@H](CO)O[C@H]2n1cnc2c(NC3(CO)CCCC3)nc(Cl)nc21.O=P1(O)O[C@@H]2[C@H](O1)[C@@H](CO)O[C@H]2n1cnc2c(NC3(CO)CCCC3)ncnc21. The molecule has 0 radical (unpaired) electrons. The molecule has 4 saturated carbocycles. The number of aromatic nitrogens is 16. The number of halogens is 2. The van der Waals surface area contributed by atoms with Gasteiger partial charge in [-0.15, -0.1) is 0 Å². The molecule has 772 valence electrons. The molecule has 2 unspecified atom stereocenters. The Morgan fingerprint density at radius 3 is 0.907 bits per heavy atom. The van der Waals surface area contributed by atoms with Crippen molar-refractivity contribution in [1.29, 1.82) is 0 Å². The van der Waals surface area contributed by atoms with Crippen LogP contribution >= 0.6 is 38.8 Å². The van der Waals surface area contributed by atoms with Crippen LogP contribution in [0.15, 0.2) is 38.0 Å². The predicted octanol–water partition coefficient (Wildman–Crippen LogP) is 2.39. The number of hydrogen-bond donors (Lipinski definition) is 18. The number of carbonyl (C=O) groups is 4. The number of anilines is 4. The zero-order chi connectivity index (χ0) is 101. The number of ether oxygens (including phenoxy) is 8. The summed E-state index contributed by atoms with van der Waals surface area (Å²) in [7, 11) is -8.46. The van der Waals surface area contributed by atoms with Gasteiger partial charge in [0, 0.05) is 0 Å². The predicted molar refractivity (Wildman–Crippen MR) is 493 cm³/mol. The Morgan fingerprint density at radius 1 is 0.371 bits per heavy atom. The van der Waals surface area contributed by atoms with Crippen LogP contribution < -0.4 is 44.2 Å². The van der Waals surface area contributed by atoms with Gasteiger partial charge >= 0.3 is 39.5 Å². The fraction of sp³-hybridized carbons (Fsp3) is 0.714. The Balaban J connectivity index is 0.000000143. The number of nitrogens with zero attached hydrogens (tertiary/aromatic N) is 16. The van der Waals surface area contributed by atoms with Gasteiger partial charge in [-0.3, -0.25) is 55.5 Å². The molecular weight excluding hydrogens is 1930 g/mol. The Bertz CT molecular complexity index is 5770. The highest BCUT2D eigenvalue weighted by molar-refractivity contribution is 7.48. The zero-order valence-electron chi connectivity index (χ0n) is 78.2. The molecule has 8 aromatic heterocycles. The van der Waals surface area contributed by atoms with E-state index in [0.717, 1.165) is 103 Å². The standard InChI is InChI=1S/C26H40ClN7O7.C26H41N7O7.C16H21ClN5O7P.C16H22N5O7P/c1-12(2)15(28)23(37)40-18-14(9-35)39-22(19(18)41-24(38)16(29)13(3)4)34-11-30-17-20(31-25(27)32-21(17)34)33-26(10-36)7-5-6-8-26;1-13(2)16(27)24(36)39-19-15(9-34)38-23(20(19)40-25(37)17(28)14(3)4)33-12-31-18-21(29-11-30-22(18)33)32-26(10-35)7-5-6-8-26;17-15-19-12(21-16(6-24)3-1-2-4-16)9-13(20-15)22(7-18-9)14-11-10(8(5-23)27-14)28-30(25,26)29-11;22-5-9-11-12(28-29(24,25)27-11)15(26-9)21-8-19-10-13(17-7-18-14(10)21)20-16(6-23)3-1-2-4-16/h11-16,18-19,22,35-36H,5-10,28-29H2,1-4H3,(H,31,32,33);11-17,19-20,23,34-35H,5-10,27-28H2,1-4H3,(H,29,30,32);7-8,10-11,14,23-24H,1-6H2,(H,25,26)(H,19,20,21);7-9,11-12,15,22-23H,1-6H2,(H,24,25)(H,17,18,20)/t14-,15+,16+,18-,19-,22-;15-,16+,17+,19-,20-,23-;8-,10-,11-,14-;9-,11-,12-,15-/m1111/s1. The summed E-state index contributed by atoms with van der Waals surface area (Å²) < 4.78 is 97.2. The summed E-state index contributed by atoms with van der Waals surface area (Å²) in [5.41, 5.74) is 25.1. The molecule has 0 aromatic carbocycles. The monoisotopic (exact) mass is 2050 g/mol. The highest BCUT2D eigenvalue weighted by Crippen LogP contribution is 2.60. The number of fused-ring (bicyclic) bond motifs is 6. The number of esters is 4. The molecule has 6 aliphatic heterocycles. The van der Waals surface area contributed by atoms with Crippen LogP contribution in [0.3, 0.4) is 0 Å². The minimum atomic E-state index is -4.25. The van der Waals surface area contributed by atoms with Gasteiger partial charge < -0.3 is 133 Å². The van der Waals surface area contributed by atoms with Crippen LogP contribution in [0.2, 0.25) is 10.6 Å². The molecule has 6 saturated heterocycles. The maximum atomic E-state index is 13.0. The van der Waals surface area contributed by atoms with E-state index in [1.165, 1.54) is 47.1 Å². The maximum Gasteiger partial charge on any atom is 0.473 e. The van der Waals surface area contributed by atoms with Gasteiger partial charge in [0.25, 0.3) is 0 Å². The second-order valence-electron chi connectivity index (χ2n) is 38.4. The van der Waals surface area contributed by atoms with E-state index < -0.39 is 210 Å². The Labute approximate surface area is 811 Å². The van der Waals surface area contributed by atoms with Crippen LogP contribution in [0.5, 0.6) is 0 Å². The number of aliphatic hydroxyl groups excluding tert-OH is 8. The molecule has 22 N–H and O–H groups in total. The first-order valence-corrected chi connectivity index (χ1v) is 50.5. The van der Waals surface area contributed by atoms with E-state index in [0.29, 0.717) is 62.3 Å². The van der Waals surface area contributed by atoms with Gasteiger partial charge in [-0.25, -0.2) is 49.0 Å². The first-order valence-electron chi connectivity index (χ1n) is 46.7. The molecule has 8 aromatic rings. The average molecular weight is 2050 g/mol. The van der Waals surface area contributed by atoms with Crippen LogP contribution in [0.25, 0.3) is 44.7 Å². The molecule has 0 bridgehead atoms. The normalized spacial score (nSPS) is 29.9. The van der Waals surface area contributed by atoms with Gasteiger partial charge in [0.2, 0.25) is 10.6 Å². The van der Waals surface area contributed by atoms with Crippen molar-refractivity contribution in [3.8, 4) is 0 Å². The maximum absolute atomic E-state index is 13.0. The van der Waals surface area contributed by atoms with Gasteiger partial charge in [0.1, 0.15) is 85.7 Å². The van der Waals surface area contributed by atoms with Gasteiger partial charge in [-0.2, -0.15) is 19.9 Å². The van der Waals surface area contributed by atoms with E-state index in [1.54, 1.807) is 64.5 Å². The van der Waals surface area contributed by atoms with Crippen molar-refractivity contribution < 1.29 is 135 Å². The van der Waals surface area contributed by atoms with Crippen molar-refractivity contribution in [2.45, 2.75) is 303 Å². The first-order chi connectivity index (χ1) is 66.7. The summed E-state index contributed by atoms with van der Waals surface area (Å²) in [6.45, 7) is 12.1. The quantitative estimate of drug-likeness (QED) is 0.0125. The number of aliphatic hydroxyl groups is 8. The van der Waals surface area contributed by atoms with Crippen molar-refractivity contribution in [1.82, 2.24) is 78.1 Å². The van der Waals surface area contributed by atoms with E-state index in [4.69, 9.17) is 102 Å². The van der Waals surface area contributed by atoms with Crippen LogP contribution in [0.4, 0.5) is 23.3 Å². The van der Waals surface area contributed by atoms with Gasteiger partial charge in [-0.1, -0.05) is 107 Å². The fourth-order valence-corrected chi connectivity index (χ4v) is 21.6. The minimum Gasteiger partial charge on any atom is -0.454 e. The van der Waals surface area contributed by atoms with Gasteiger partial charge in [-0.05, 0) is 98.2 Å². The number of carbonyl (C=O) groups excluding carboxylic acids is 4. The molecule has 0 spiro atoms. The minimum absolute atomic E-state index is 0.0101. The molecule has 10 aliphatic rings. The molecular formula is C84H124Cl2N24O28P2. The fourth-order valence-electron chi connectivity index (χ4n) is 19.0. The molecule has 0 amide bonds. The largest absolute Gasteiger partial charge is 0.473 e. The lowest BCUT2D eigenvalue weighted by atomic mass is 9.99. The Hall–Kier alpha value is -8.56. The van der Waals surface area contributed by atoms with Gasteiger partial charge in [0.15, 0.2) is 117 Å². The summed E-state index contributed by atoms with van der Waals surface area (Å²) in [5.74, 6) is -2.16. The molecule has 4 aliphatic carbocycles. The second kappa shape index (κ2) is 43.8. The summed E-state index contributed by atoms with van der Waals surface area (Å²) >= 11 is 12.5. The third-order valence-corrected chi connectivity index (χ3v) is 29.8. The van der Waals surface area contributed by atoms with Crippen LogP contribution in [0, 0.1) is 23.7 Å². The van der Waals surface area contributed by atoms with E-state index in [2.05, 4.69) is 81.1 Å². The topological polar surface area (TPSA) is 742 Å². The second-order valence-corrected chi connectivity index (χ2v) is 41.8. The van der Waals surface area contributed by atoms with Crippen LogP contribution in [-0.4, -0.2) is 325 Å². The molecule has 10 fully saturated rings. The highest BCUT2D eigenvalue weighted by Gasteiger charge is 2.61. The Morgan fingerprint density at radius 2 is 0.621 bits per heavy atom. The average Bonchev–Trinajstić information content (AvgIpc) is 1.59. The summed E-state index contributed by atoms with van der Waals surface area (Å²) in [6, 6.07) is -3.79. The lowest BCUT2D eigenvalue weighted by molar-refractivity contribution is -0.171. The van der Waals surface area contributed by atoms with Crippen molar-refractivity contribution in [3.63, 3.8) is 0 Å². The van der Waals surface area contributed by atoms with E-state index in [1.807, 2.05) is 0 Å². The lowest BCUT2D eigenvalue weighted by Gasteiger charge is -2.29. The van der Waals surface area contributed by atoms with E-state index in [-0.39, 0.29) is 66.3 Å². The number of hydrogen-bond acceptors (Lipinski definition) is 46. The van der Waals surface area contributed by atoms with Crippen LogP contribution in [-0.2, 0) is 84.3 Å². The van der Waals surface area contributed by atoms with E-state index >= 15 is 0 Å². The number of imidazole rings is 4. The smallest absolute Gasteiger partial charge is 0.454 e. The summed E-state index contributed by atoms with van der Waals surface area (Å²) in [6.07, 6.45) is 6.53. The summed E-state index contributed by atoms with van der Waals surface area (Å²) in [4.78, 5) is 123. The number of nitrogens with two attached hydrogens (primary N) is 4. The summed E-state index contributed by atoms with van der Waals surface area (Å²) in [5, 5.41) is 92.6. The van der Waals surface area contributed by atoms with E-state index in [9.17, 15) is 78.9 Å². The molecule has 14 heterocycles. The van der Waals surface area contributed by atoms with Crippen molar-refractivity contribution in [3.05, 3.63) is 48.5 Å². The molecule has 18 rings (SSSR count). The number of phosphoric acid groups is 2. The number of rotatable bonds is 32. The van der Waals surface area contributed by atoms with Gasteiger partial charge in [0.05, 0.1) is 100 Å². The third kappa shape index (κ3) is 22.0. The number of nitrogens with one attached hydrogen (secondary N) is 4. The third-order valence-electron chi connectivity index (χ3n) is 27.4. The van der Waals surface area contributed by atoms with Crippen LogP contribution in [0.1, 0.15) is 183 Å². The van der Waals surface area contributed by atoms with Crippen molar-refractivity contribution >= 4 is 131 Å². The highest BCUT2D eigenvalue weighted by atomic mass is 35.5. The van der Waals surface area contributed by atoms with Crippen molar-refractivity contribution in [2.75, 3.05) is 74.1 Å².